The smallest absolute Gasteiger partial charge is 0.329 e. The molecule has 0 unspecified atom stereocenters. The van der Waals surface area contributed by atoms with E-state index in [2.05, 4.69) is 22.1 Å². The Hall–Kier alpha value is -7.96. The summed E-state index contributed by atoms with van der Waals surface area (Å²) in [4.78, 5) is 71.7. The van der Waals surface area contributed by atoms with Crippen LogP contribution in [0.3, 0.4) is 0 Å². The van der Waals surface area contributed by atoms with Crippen molar-refractivity contribution in [2.45, 2.75) is 93.3 Å². The lowest BCUT2D eigenvalue weighted by Crippen LogP contribution is -2.59. The van der Waals surface area contributed by atoms with E-state index in [-0.39, 0.29) is 31.3 Å². The Morgan fingerprint density at radius 1 is 0.727 bits per heavy atom. The first kappa shape index (κ1) is 49.9. The quantitative estimate of drug-likeness (QED) is 0.0758. The third-order valence-corrected chi connectivity index (χ3v) is 16.7. The van der Waals surface area contributed by atoms with Crippen LogP contribution in [-0.4, -0.2) is 93.3 Å². The van der Waals surface area contributed by atoms with E-state index in [9.17, 15) is 10.2 Å². The van der Waals surface area contributed by atoms with Gasteiger partial charge in [0, 0.05) is 38.3 Å². The number of cyclic esters (lactones) is 1. The molecule has 1 saturated carbocycles. The molecule has 6 aliphatic rings. The second-order valence-electron chi connectivity index (χ2n) is 21.3. The summed E-state index contributed by atoms with van der Waals surface area (Å²) in [5, 5.41) is 25.9. The topological polar surface area (TPSA) is 161 Å². The number of imide groups is 1. The van der Waals surface area contributed by atoms with Crippen LogP contribution in [0.5, 0.6) is 17.2 Å². The fourth-order valence-electron chi connectivity index (χ4n) is 12.9. The number of piperazine rings is 1. The third kappa shape index (κ3) is 9.05. The molecule has 5 aliphatic heterocycles. The number of phenolic OH excluding ortho intramolecular Hbond substituents is 1. The molecule has 0 radical (unpaired) electrons. The zero-order valence-electron chi connectivity index (χ0n) is 42.9. The van der Waals surface area contributed by atoms with Crippen LogP contribution in [0.1, 0.15) is 109 Å². The normalized spacial score (nSPS) is 25.0. The molecule has 0 aromatic heterocycles. The van der Waals surface area contributed by atoms with Gasteiger partial charge < -0.3 is 34.6 Å². The first-order valence-electron chi connectivity index (χ1n) is 26.9. The third-order valence-electron chi connectivity index (χ3n) is 16.7. The summed E-state index contributed by atoms with van der Waals surface area (Å²) in [6, 6.07) is 41.8. The van der Waals surface area contributed by atoms with E-state index in [1.807, 2.05) is 121 Å². The number of esters is 1. The molecular formula is C63H61N5O9. The number of amides is 4. The Balaban J connectivity index is 1.05. The maximum atomic E-state index is 16.9. The van der Waals surface area contributed by atoms with Crippen LogP contribution in [0.15, 0.2) is 152 Å². The summed E-state index contributed by atoms with van der Waals surface area (Å²) in [7, 11) is 0. The maximum absolute atomic E-state index is 16.9. The molecule has 7 atom stereocenters. The lowest BCUT2D eigenvalue weighted by atomic mass is 9.64. The SMILES string of the molecule is C[C@@H](NC(=O)N1C(=O)[C@@]2(c3cc(C#CC4(O)CCCCCC4)ccc31)[C@H](c1ccc(O)cc1)N1[C@H](c3ccccc3)[C@H](c3ccccc3)OC(=O)[C@H]1[C@@H]2C(=O)N1CCN(Cc2ccc3c(c2)OCO3)CC1)c1ccccc1. The molecule has 12 rings (SSSR count). The zero-order valence-corrected chi connectivity index (χ0v) is 42.9. The van der Waals surface area contributed by atoms with E-state index in [0.717, 1.165) is 47.3 Å². The Labute approximate surface area is 448 Å². The van der Waals surface area contributed by atoms with Gasteiger partial charge in [-0.1, -0.05) is 134 Å². The highest BCUT2D eigenvalue weighted by Crippen LogP contribution is 2.66. The number of carbonyl (C=O) groups excluding carboxylic acids is 4. The summed E-state index contributed by atoms with van der Waals surface area (Å²) < 4.78 is 18.0. The van der Waals surface area contributed by atoms with Crippen LogP contribution in [-0.2, 0) is 31.1 Å². The molecule has 0 bridgehead atoms. The van der Waals surface area contributed by atoms with E-state index in [1.165, 1.54) is 0 Å². The number of ether oxygens (including phenoxy) is 3. The van der Waals surface area contributed by atoms with Gasteiger partial charge in [0.2, 0.25) is 18.6 Å². The van der Waals surface area contributed by atoms with Gasteiger partial charge in [-0.05, 0) is 108 Å². The highest BCUT2D eigenvalue weighted by molar-refractivity contribution is 6.24. The molecular weight excluding hydrogens is 971 g/mol. The van der Waals surface area contributed by atoms with Crippen molar-refractivity contribution in [1.29, 1.82) is 0 Å². The number of hydrogen-bond donors (Lipinski definition) is 3. The number of hydrogen-bond acceptors (Lipinski definition) is 11. The van der Waals surface area contributed by atoms with Gasteiger partial charge in [-0.2, -0.15) is 0 Å². The minimum Gasteiger partial charge on any atom is -0.508 e. The van der Waals surface area contributed by atoms with Crippen LogP contribution in [0.25, 0.3) is 0 Å². The van der Waals surface area contributed by atoms with Gasteiger partial charge in [0.1, 0.15) is 28.9 Å². The number of phenols is 1. The van der Waals surface area contributed by atoms with Crippen LogP contribution >= 0.6 is 0 Å². The largest absolute Gasteiger partial charge is 0.508 e. The summed E-state index contributed by atoms with van der Waals surface area (Å²) >= 11 is 0. The number of aromatic hydroxyl groups is 1. The number of nitrogens with zero attached hydrogens (tertiary/aromatic N) is 4. The van der Waals surface area contributed by atoms with Crippen LogP contribution < -0.4 is 19.7 Å². The van der Waals surface area contributed by atoms with E-state index in [1.54, 1.807) is 47.4 Å². The molecule has 14 heteroatoms. The van der Waals surface area contributed by atoms with Crippen molar-refractivity contribution in [1.82, 2.24) is 20.0 Å². The van der Waals surface area contributed by atoms with E-state index in [4.69, 9.17) is 14.2 Å². The molecule has 4 amide bonds. The lowest BCUT2D eigenvalue weighted by Gasteiger charge is -2.46. The number of benzene rings is 6. The number of urea groups is 1. The Kier molecular flexibility index (Phi) is 13.3. The summed E-state index contributed by atoms with van der Waals surface area (Å²) in [5.41, 5.74) is 1.67. The number of rotatable bonds is 8. The van der Waals surface area contributed by atoms with Gasteiger partial charge >= 0.3 is 12.0 Å². The Morgan fingerprint density at radius 3 is 2.09 bits per heavy atom. The number of nitrogens with one attached hydrogen (secondary N) is 1. The minimum atomic E-state index is -2.01. The number of morpholine rings is 1. The number of carbonyl (C=O) groups is 4. The number of aliphatic hydroxyl groups is 1. The first-order chi connectivity index (χ1) is 37.5. The van der Waals surface area contributed by atoms with Crippen LogP contribution in [0.2, 0.25) is 0 Å². The standard InChI is InChI=1S/C63H61N5O9/c1-41(44-15-7-4-8-16-44)64-61(73)67-50-27-21-42(29-32-62(74)30-13-2-3-14-31-62)37-49(50)63(60(67)72)53(58(70)66-35-33-65(34-36-66)39-43-22-28-51-52(38-43)76-40-75-51)55-59(71)77-56(46-19-11-6-12-20-46)54(45-17-9-5-10-18-45)68(55)57(63)47-23-25-48(69)26-24-47/h4-12,15-28,37-38,41,53-57,69,74H,2-3,13-14,30-31,33-36,39-40H2,1H3,(H,64,73)/t41-,53-,54-,55-,56+,57+,63-/m1/s1. The number of anilines is 1. The van der Waals surface area contributed by atoms with E-state index >= 15 is 19.2 Å². The van der Waals surface area contributed by atoms with Gasteiger partial charge in [-0.3, -0.25) is 24.2 Å². The Bertz CT molecular complexity index is 3260. The molecule has 4 fully saturated rings. The second kappa shape index (κ2) is 20.5. The molecule has 5 heterocycles. The molecule has 77 heavy (non-hydrogen) atoms. The van der Waals surface area contributed by atoms with Crippen molar-refractivity contribution in [2.75, 3.05) is 37.9 Å². The predicted molar refractivity (Wildman–Crippen MR) is 287 cm³/mol. The zero-order chi connectivity index (χ0) is 52.8. The van der Waals surface area contributed by atoms with Crippen molar-refractivity contribution in [3.05, 3.63) is 191 Å². The molecule has 1 spiro atoms. The van der Waals surface area contributed by atoms with Gasteiger partial charge in [-0.25, -0.2) is 9.69 Å². The summed E-state index contributed by atoms with van der Waals surface area (Å²) in [6.45, 7) is 4.14. The molecule has 1 aliphatic carbocycles. The van der Waals surface area contributed by atoms with Crippen molar-refractivity contribution >= 4 is 29.5 Å². The maximum Gasteiger partial charge on any atom is 0.329 e. The van der Waals surface area contributed by atoms with Crippen molar-refractivity contribution in [2.24, 2.45) is 5.92 Å². The highest BCUT2D eigenvalue weighted by atomic mass is 16.7. The van der Waals surface area contributed by atoms with Gasteiger partial charge in [-0.15, -0.1) is 0 Å². The van der Waals surface area contributed by atoms with Crippen LogP contribution in [0, 0.1) is 17.8 Å². The molecule has 392 valence electrons. The van der Waals surface area contributed by atoms with Crippen LogP contribution in [0.4, 0.5) is 10.5 Å². The highest BCUT2D eigenvalue weighted by Gasteiger charge is 2.76. The van der Waals surface area contributed by atoms with Gasteiger partial charge in [0.25, 0.3) is 0 Å². The molecule has 14 nitrogen and oxygen atoms in total. The Morgan fingerprint density at radius 2 is 1.39 bits per heavy atom. The van der Waals surface area contributed by atoms with Crippen molar-refractivity contribution in [3.8, 4) is 29.1 Å². The van der Waals surface area contributed by atoms with Crippen molar-refractivity contribution < 1.29 is 43.6 Å². The fraction of sp³-hybridized carbons (Fsp3) is 0.333. The summed E-state index contributed by atoms with van der Waals surface area (Å²) in [6.07, 6.45) is 3.82. The molecule has 6 aromatic rings. The summed E-state index contributed by atoms with van der Waals surface area (Å²) in [5.74, 6) is 4.58. The van der Waals surface area contributed by atoms with Gasteiger partial charge in [0.15, 0.2) is 11.5 Å². The van der Waals surface area contributed by atoms with E-state index in [0.29, 0.717) is 66.2 Å². The lowest BCUT2D eigenvalue weighted by molar-refractivity contribution is -0.179. The van der Waals surface area contributed by atoms with Gasteiger partial charge in [0.05, 0.1) is 29.7 Å². The average molecular weight is 1030 g/mol. The fourth-order valence-corrected chi connectivity index (χ4v) is 12.9. The monoisotopic (exact) mass is 1030 g/mol. The first-order valence-corrected chi connectivity index (χ1v) is 26.9. The molecule has 3 N–H and O–H groups in total. The number of fused-ring (bicyclic) bond motifs is 4. The predicted octanol–water partition coefficient (Wildman–Crippen LogP) is 9.04. The average Bonchev–Trinajstić information content (AvgIpc) is 4.15. The molecule has 3 saturated heterocycles. The van der Waals surface area contributed by atoms with Crippen molar-refractivity contribution in [3.63, 3.8) is 0 Å². The molecule has 6 aromatic carbocycles. The van der Waals surface area contributed by atoms with E-state index < -0.39 is 71.0 Å². The second-order valence-corrected chi connectivity index (χ2v) is 21.3. The minimum absolute atomic E-state index is 0.0218.